The third-order valence-corrected chi connectivity index (χ3v) is 8.92. The summed E-state index contributed by atoms with van der Waals surface area (Å²) < 4.78 is 61.3. The van der Waals surface area contributed by atoms with Crippen LogP contribution in [0, 0.1) is 0 Å². The zero-order chi connectivity index (χ0) is 23.6. The van der Waals surface area contributed by atoms with E-state index in [0.717, 1.165) is 17.5 Å². The van der Waals surface area contributed by atoms with Crippen molar-refractivity contribution >= 4 is 31.4 Å². The third-order valence-electron chi connectivity index (χ3n) is 5.70. The lowest BCUT2D eigenvalue weighted by Crippen LogP contribution is -2.35. The molecule has 3 aromatic carbocycles. The maximum Gasteiger partial charge on any atom is 0.264 e. The van der Waals surface area contributed by atoms with Crippen LogP contribution in [0.4, 0.5) is 11.4 Å². The number of benzene rings is 3. The zero-order valence-electron chi connectivity index (χ0n) is 18.5. The van der Waals surface area contributed by atoms with Crippen LogP contribution in [-0.2, 0) is 32.9 Å². The van der Waals surface area contributed by atoms with Crippen molar-refractivity contribution in [1.29, 1.82) is 0 Å². The van der Waals surface area contributed by atoms with Gasteiger partial charge in [0, 0.05) is 12.2 Å². The predicted molar refractivity (Wildman–Crippen MR) is 129 cm³/mol. The molecule has 1 aliphatic rings. The number of hydrogen-bond acceptors (Lipinski definition) is 5. The summed E-state index contributed by atoms with van der Waals surface area (Å²) in [7, 11) is -5.98. The molecule has 7 nitrogen and oxygen atoms in total. The molecule has 1 N–H and O–H groups in total. The minimum Gasteiger partial charge on any atom is -0.497 e. The molecule has 0 saturated heterocycles. The molecule has 1 heterocycles. The fraction of sp³-hybridized carbons (Fsp3) is 0.250. The average Bonchev–Trinajstić information content (AvgIpc) is 2.83. The van der Waals surface area contributed by atoms with Gasteiger partial charge in [-0.1, -0.05) is 19.1 Å². The molecule has 4 rings (SSSR count). The van der Waals surface area contributed by atoms with Crippen molar-refractivity contribution in [1.82, 2.24) is 0 Å². The second-order valence-corrected chi connectivity index (χ2v) is 11.3. The van der Waals surface area contributed by atoms with E-state index in [0.29, 0.717) is 36.5 Å². The summed E-state index contributed by atoms with van der Waals surface area (Å²) in [6.45, 7) is 2.36. The van der Waals surface area contributed by atoms with Crippen LogP contribution in [-0.4, -0.2) is 30.5 Å². The number of hydrogen-bond donors (Lipinski definition) is 1. The maximum absolute atomic E-state index is 13.3. The van der Waals surface area contributed by atoms with Crippen molar-refractivity contribution in [3.8, 4) is 5.75 Å². The van der Waals surface area contributed by atoms with Crippen LogP contribution in [0.2, 0.25) is 0 Å². The van der Waals surface area contributed by atoms with Gasteiger partial charge >= 0.3 is 0 Å². The molecule has 0 amide bonds. The minimum atomic E-state index is -3.76. The normalized spacial score (nSPS) is 13.9. The van der Waals surface area contributed by atoms with Gasteiger partial charge < -0.3 is 4.74 Å². The molecular weight excluding hydrogens is 460 g/mol. The van der Waals surface area contributed by atoms with E-state index >= 15 is 0 Å². The van der Waals surface area contributed by atoms with Gasteiger partial charge in [-0.3, -0.25) is 9.03 Å². The molecule has 0 radical (unpaired) electrons. The predicted octanol–water partition coefficient (Wildman–Crippen LogP) is 4.20. The monoisotopic (exact) mass is 486 g/mol. The SMILES string of the molecule is CCc1ccc(S(=O)(=O)Nc2ccc3c(c2)CCCN3S(=O)(=O)c2ccc(OC)cc2)cc1. The van der Waals surface area contributed by atoms with Crippen LogP contribution >= 0.6 is 0 Å². The first-order chi connectivity index (χ1) is 15.7. The molecule has 0 saturated carbocycles. The van der Waals surface area contributed by atoms with Gasteiger partial charge in [-0.25, -0.2) is 16.8 Å². The Kier molecular flexibility index (Phi) is 6.36. The highest BCUT2D eigenvalue weighted by molar-refractivity contribution is 7.93. The van der Waals surface area contributed by atoms with Gasteiger partial charge in [0.05, 0.1) is 22.6 Å². The summed E-state index contributed by atoms with van der Waals surface area (Å²) in [4.78, 5) is 0.359. The first-order valence-electron chi connectivity index (χ1n) is 10.7. The molecular formula is C24H26N2O5S2. The molecule has 1 aliphatic heterocycles. The van der Waals surface area contributed by atoms with E-state index in [9.17, 15) is 16.8 Å². The van der Waals surface area contributed by atoms with Gasteiger partial charge in [-0.2, -0.15) is 0 Å². The highest BCUT2D eigenvalue weighted by atomic mass is 32.2. The summed E-state index contributed by atoms with van der Waals surface area (Å²) in [5, 5.41) is 0. The molecule has 33 heavy (non-hydrogen) atoms. The Morgan fingerprint density at radius 1 is 0.909 bits per heavy atom. The lowest BCUT2D eigenvalue weighted by molar-refractivity contribution is 0.414. The minimum absolute atomic E-state index is 0.177. The van der Waals surface area contributed by atoms with Gasteiger partial charge in [-0.05, 0) is 85.0 Å². The van der Waals surface area contributed by atoms with Crippen LogP contribution < -0.4 is 13.8 Å². The van der Waals surface area contributed by atoms with E-state index in [-0.39, 0.29) is 9.79 Å². The molecule has 0 fully saturated rings. The highest BCUT2D eigenvalue weighted by Gasteiger charge is 2.29. The first-order valence-corrected chi connectivity index (χ1v) is 13.6. The second kappa shape index (κ2) is 9.07. The molecule has 0 atom stereocenters. The number of fused-ring (bicyclic) bond motifs is 1. The van der Waals surface area contributed by atoms with E-state index in [1.807, 2.05) is 6.92 Å². The Morgan fingerprint density at radius 3 is 2.21 bits per heavy atom. The van der Waals surface area contributed by atoms with Gasteiger partial charge in [0.1, 0.15) is 5.75 Å². The molecule has 9 heteroatoms. The van der Waals surface area contributed by atoms with Gasteiger partial charge in [0.15, 0.2) is 0 Å². The van der Waals surface area contributed by atoms with E-state index in [2.05, 4.69) is 4.72 Å². The van der Waals surface area contributed by atoms with Crippen LogP contribution in [0.25, 0.3) is 0 Å². The number of ether oxygens (including phenoxy) is 1. The average molecular weight is 487 g/mol. The van der Waals surface area contributed by atoms with E-state index in [4.69, 9.17) is 4.74 Å². The largest absolute Gasteiger partial charge is 0.497 e. The van der Waals surface area contributed by atoms with Crippen molar-refractivity contribution in [3.05, 3.63) is 77.9 Å². The quantitative estimate of drug-likeness (QED) is 0.540. The number of rotatable bonds is 7. The van der Waals surface area contributed by atoms with Crippen molar-refractivity contribution in [2.75, 3.05) is 22.7 Å². The van der Waals surface area contributed by atoms with Crippen molar-refractivity contribution < 1.29 is 21.6 Å². The number of sulfonamides is 2. The smallest absolute Gasteiger partial charge is 0.264 e. The Hall–Kier alpha value is -3.04. The number of methoxy groups -OCH3 is 1. The fourth-order valence-corrected chi connectivity index (χ4v) is 6.46. The lowest BCUT2D eigenvalue weighted by atomic mass is 10.0. The number of aryl methyl sites for hydroxylation is 2. The van der Waals surface area contributed by atoms with Crippen LogP contribution in [0.5, 0.6) is 5.75 Å². The standard InChI is InChI=1S/C24H26N2O5S2/c1-3-18-6-11-22(12-7-18)32(27,28)25-20-8-15-24-19(17-20)5-4-16-26(24)33(29,30)23-13-9-21(31-2)10-14-23/h6-15,17,25H,3-5,16H2,1-2H3. The molecule has 0 aromatic heterocycles. The second-order valence-electron chi connectivity index (χ2n) is 7.80. The van der Waals surface area contributed by atoms with Crippen molar-refractivity contribution in [2.45, 2.75) is 36.0 Å². The molecule has 0 aliphatic carbocycles. The summed E-state index contributed by atoms with van der Waals surface area (Å²) in [5.74, 6) is 0.578. The number of anilines is 2. The van der Waals surface area contributed by atoms with Gasteiger partial charge in [0.25, 0.3) is 20.0 Å². The Balaban J connectivity index is 1.61. The molecule has 0 unspecified atom stereocenters. The van der Waals surface area contributed by atoms with E-state index < -0.39 is 20.0 Å². The van der Waals surface area contributed by atoms with Gasteiger partial charge in [-0.15, -0.1) is 0 Å². The van der Waals surface area contributed by atoms with Crippen molar-refractivity contribution in [3.63, 3.8) is 0 Å². The maximum atomic E-state index is 13.3. The fourth-order valence-electron chi connectivity index (χ4n) is 3.87. The van der Waals surface area contributed by atoms with Crippen molar-refractivity contribution in [2.24, 2.45) is 0 Å². The summed E-state index contributed by atoms with van der Waals surface area (Å²) in [5.41, 5.74) is 2.80. The topological polar surface area (TPSA) is 92.8 Å². The van der Waals surface area contributed by atoms with Gasteiger partial charge in [0.2, 0.25) is 0 Å². The summed E-state index contributed by atoms with van der Waals surface area (Å²) >= 11 is 0. The summed E-state index contributed by atoms with van der Waals surface area (Å²) in [6, 6.07) is 18.0. The van der Waals surface area contributed by atoms with Crippen LogP contribution in [0.1, 0.15) is 24.5 Å². The highest BCUT2D eigenvalue weighted by Crippen LogP contribution is 2.34. The Bertz CT molecular complexity index is 1350. The first kappa shape index (κ1) is 23.1. The van der Waals surface area contributed by atoms with E-state index in [1.54, 1.807) is 54.6 Å². The molecule has 174 valence electrons. The number of nitrogens with zero attached hydrogens (tertiary/aromatic N) is 1. The zero-order valence-corrected chi connectivity index (χ0v) is 20.1. The molecule has 0 bridgehead atoms. The lowest BCUT2D eigenvalue weighted by Gasteiger charge is -2.31. The summed E-state index contributed by atoms with van der Waals surface area (Å²) in [6.07, 6.45) is 2.12. The molecule has 0 spiro atoms. The number of nitrogens with one attached hydrogen (secondary N) is 1. The third kappa shape index (κ3) is 4.69. The Morgan fingerprint density at radius 2 is 1.58 bits per heavy atom. The van der Waals surface area contributed by atoms with Crippen LogP contribution in [0.3, 0.4) is 0 Å². The van der Waals surface area contributed by atoms with Crippen LogP contribution in [0.15, 0.2) is 76.5 Å². The van der Waals surface area contributed by atoms with E-state index in [1.165, 1.54) is 23.5 Å². The molecule has 3 aromatic rings. The Labute approximate surface area is 195 Å².